The monoisotopic (exact) mass is 446 g/mol. The lowest BCUT2D eigenvalue weighted by Crippen LogP contribution is -2.48. The van der Waals surface area contributed by atoms with Crippen molar-refractivity contribution in [1.82, 2.24) is 15.5 Å². The molecule has 1 atom stereocenters. The third-order valence-electron chi connectivity index (χ3n) is 5.58. The highest BCUT2D eigenvalue weighted by Crippen LogP contribution is 2.20. The van der Waals surface area contributed by atoms with Crippen molar-refractivity contribution in [3.8, 4) is 5.75 Å². The predicted molar refractivity (Wildman–Crippen MR) is 122 cm³/mol. The van der Waals surface area contributed by atoms with Gasteiger partial charge in [-0.2, -0.15) is 0 Å². The van der Waals surface area contributed by atoms with E-state index in [-0.39, 0.29) is 29.7 Å². The molecule has 2 aromatic rings. The maximum Gasteiger partial charge on any atom is 0.191 e. The van der Waals surface area contributed by atoms with Crippen LogP contribution in [-0.4, -0.2) is 55.3 Å². The summed E-state index contributed by atoms with van der Waals surface area (Å²) < 4.78 is 32.8. The van der Waals surface area contributed by atoms with E-state index in [1.54, 1.807) is 24.3 Å². The van der Waals surface area contributed by atoms with Gasteiger partial charge in [-0.1, -0.05) is 24.3 Å². The van der Waals surface area contributed by atoms with E-state index < -0.39 is 11.9 Å². The average Bonchev–Trinajstić information content (AvgIpc) is 2.79. The number of hydrogen-bond donors (Lipinski definition) is 3. The highest BCUT2D eigenvalue weighted by Gasteiger charge is 2.21. The summed E-state index contributed by atoms with van der Waals surface area (Å²) in [7, 11) is 1.46. The van der Waals surface area contributed by atoms with Gasteiger partial charge in [0.1, 0.15) is 11.9 Å². The SMILES string of the molecule is CCNC(=NCC(O)c1ccccc1F)NC1CCN(Cc2ccc(OC)c(F)c2)CC1. The lowest BCUT2D eigenvalue weighted by molar-refractivity contribution is 0.181. The van der Waals surface area contributed by atoms with E-state index in [4.69, 9.17) is 4.74 Å². The molecule has 1 unspecified atom stereocenters. The smallest absolute Gasteiger partial charge is 0.191 e. The van der Waals surface area contributed by atoms with Crippen LogP contribution < -0.4 is 15.4 Å². The van der Waals surface area contributed by atoms with Crippen LogP contribution in [0.1, 0.15) is 37.0 Å². The molecule has 0 saturated carbocycles. The molecule has 2 aromatic carbocycles. The first kappa shape index (κ1) is 23.9. The summed E-state index contributed by atoms with van der Waals surface area (Å²) >= 11 is 0. The quantitative estimate of drug-likeness (QED) is 0.429. The standard InChI is InChI=1S/C24H32F2N4O2/c1-3-27-24(28-15-22(31)19-6-4-5-7-20(19)25)29-18-10-12-30(13-11-18)16-17-8-9-23(32-2)21(26)14-17/h4-9,14,18,22,31H,3,10-13,15-16H2,1-2H3,(H2,27,28,29). The molecule has 0 aliphatic carbocycles. The van der Waals surface area contributed by atoms with Crippen LogP contribution in [0.4, 0.5) is 8.78 Å². The Labute approximate surface area is 188 Å². The molecule has 3 rings (SSSR count). The summed E-state index contributed by atoms with van der Waals surface area (Å²) in [4.78, 5) is 6.75. The molecule has 1 aliphatic rings. The zero-order valence-electron chi connectivity index (χ0n) is 18.7. The molecule has 174 valence electrons. The number of nitrogens with zero attached hydrogens (tertiary/aromatic N) is 2. The summed E-state index contributed by atoms with van der Waals surface area (Å²) in [6, 6.07) is 11.5. The number of hydrogen-bond acceptors (Lipinski definition) is 4. The van der Waals surface area contributed by atoms with Crippen LogP contribution in [0.25, 0.3) is 0 Å². The first-order chi connectivity index (χ1) is 15.5. The molecule has 1 aliphatic heterocycles. The molecule has 0 bridgehead atoms. The summed E-state index contributed by atoms with van der Waals surface area (Å²) in [5.41, 5.74) is 1.17. The molecular weight excluding hydrogens is 414 g/mol. The molecule has 1 saturated heterocycles. The van der Waals surface area contributed by atoms with Crippen molar-refractivity contribution in [2.75, 3.05) is 33.3 Å². The van der Waals surface area contributed by atoms with Crippen molar-refractivity contribution < 1.29 is 18.6 Å². The molecule has 0 amide bonds. The number of ether oxygens (including phenoxy) is 1. The van der Waals surface area contributed by atoms with Crippen molar-refractivity contribution >= 4 is 5.96 Å². The van der Waals surface area contributed by atoms with Crippen LogP contribution >= 0.6 is 0 Å². The number of likely N-dealkylation sites (tertiary alicyclic amines) is 1. The van der Waals surface area contributed by atoms with Gasteiger partial charge in [-0.25, -0.2) is 8.78 Å². The third-order valence-corrected chi connectivity index (χ3v) is 5.58. The van der Waals surface area contributed by atoms with Gasteiger partial charge in [0.2, 0.25) is 0 Å². The third kappa shape index (κ3) is 6.64. The Bertz CT molecular complexity index is 901. The average molecular weight is 447 g/mol. The van der Waals surface area contributed by atoms with Gasteiger partial charge in [0.15, 0.2) is 17.5 Å². The zero-order chi connectivity index (χ0) is 22.9. The van der Waals surface area contributed by atoms with Crippen molar-refractivity contribution in [3.05, 3.63) is 65.2 Å². The summed E-state index contributed by atoms with van der Waals surface area (Å²) in [6.45, 7) is 5.17. The van der Waals surface area contributed by atoms with E-state index in [2.05, 4.69) is 20.5 Å². The molecule has 0 spiro atoms. The fraction of sp³-hybridized carbons (Fsp3) is 0.458. The summed E-state index contributed by atoms with van der Waals surface area (Å²) in [5, 5.41) is 16.9. The van der Waals surface area contributed by atoms with Gasteiger partial charge < -0.3 is 20.5 Å². The van der Waals surface area contributed by atoms with Gasteiger partial charge in [-0.05, 0) is 43.5 Å². The van der Waals surface area contributed by atoms with Crippen molar-refractivity contribution in [2.24, 2.45) is 4.99 Å². The lowest BCUT2D eigenvalue weighted by atomic mass is 10.0. The van der Waals surface area contributed by atoms with Crippen LogP contribution in [0.2, 0.25) is 0 Å². The number of rotatable bonds is 8. The minimum atomic E-state index is -1.00. The highest BCUT2D eigenvalue weighted by molar-refractivity contribution is 5.80. The van der Waals surface area contributed by atoms with E-state index in [0.717, 1.165) is 31.5 Å². The van der Waals surface area contributed by atoms with Gasteiger partial charge in [-0.15, -0.1) is 0 Å². The topological polar surface area (TPSA) is 69.1 Å². The number of benzene rings is 2. The van der Waals surface area contributed by atoms with E-state index in [9.17, 15) is 13.9 Å². The zero-order valence-corrected chi connectivity index (χ0v) is 18.7. The van der Waals surface area contributed by atoms with Crippen molar-refractivity contribution in [1.29, 1.82) is 0 Å². The van der Waals surface area contributed by atoms with Crippen molar-refractivity contribution in [2.45, 2.75) is 38.5 Å². The van der Waals surface area contributed by atoms with Crippen LogP contribution in [0.5, 0.6) is 5.75 Å². The van der Waals surface area contributed by atoms with Crippen LogP contribution in [0.15, 0.2) is 47.5 Å². The van der Waals surface area contributed by atoms with Gasteiger partial charge in [0.25, 0.3) is 0 Å². The lowest BCUT2D eigenvalue weighted by Gasteiger charge is -2.33. The number of aliphatic imine (C=N–C) groups is 1. The second-order valence-corrected chi connectivity index (χ2v) is 7.92. The maximum absolute atomic E-state index is 13.9. The molecule has 0 radical (unpaired) electrons. The predicted octanol–water partition coefficient (Wildman–Crippen LogP) is 3.23. The minimum Gasteiger partial charge on any atom is -0.494 e. The van der Waals surface area contributed by atoms with Crippen LogP contribution in [0.3, 0.4) is 0 Å². The fourth-order valence-corrected chi connectivity index (χ4v) is 3.84. The van der Waals surface area contributed by atoms with Gasteiger partial charge >= 0.3 is 0 Å². The second-order valence-electron chi connectivity index (χ2n) is 7.92. The molecule has 0 aromatic heterocycles. The molecule has 1 heterocycles. The van der Waals surface area contributed by atoms with Gasteiger partial charge in [0, 0.05) is 37.8 Å². The molecule has 3 N–H and O–H groups in total. The van der Waals surface area contributed by atoms with Crippen LogP contribution in [0, 0.1) is 11.6 Å². The van der Waals surface area contributed by atoms with E-state index in [1.165, 1.54) is 19.2 Å². The number of aliphatic hydroxyl groups is 1. The number of aliphatic hydroxyl groups excluding tert-OH is 1. The fourth-order valence-electron chi connectivity index (χ4n) is 3.84. The van der Waals surface area contributed by atoms with E-state index in [0.29, 0.717) is 19.0 Å². The first-order valence-electron chi connectivity index (χ1n) is 11.0. The number of nitrogens with one attached hydrogen (secondary N) is 2. The molecular formula is C24H32F2N4O2. The van der Waals surface area contributed by atoms with Gasteiger partial charge in [0.05, 0.1) is 13.7 Å². The Morgan fingerprint density at radius 2 is 1.94 bits per heavy atom. The number of methoxy groups -OCH3 is 1. The van der Waals surface area contributed by atoms with Gasteiger partial charge in [-0.3, -0.25) is 9.89 Å². The first-order valence-corrected chi connectivity index (χ1v) is 11.0. The Morgan fingerprint density at radius 3 is 2.59 bits per heavy atom. The maximum atomic E-state index is 13.9. The normalized spacial score (nSPS) is 16.6. The minimum absolute atomic E-state index is 0.0676. The van der Waals surface area contributed by atoms with Crippen LogP contribution in [-0.2, 0) is 6.54 Å². The largest absolute Gasteiger partial charge is 0.494 e. The Balaban J connectivity index is 1.50. The number of piperidine rings is 1. The second kappa shape index (κ2) is 11.8. The van der Waals surface area contributed by atoms with E-state index >= 15 is 0 Å². The van der Waals surface area contributed by atoms with Crippen molar-refractivity contribution in [3.63, 3.8) is 0 Å². The number of guanidine groups is 1. The Kier molecular flexibility index (Phi) is 8.81. The summed E-state index contributed by atoms with van der Waals surface area (Å²) in [5.74, 6) is 0.0912. The van der Waals surface area contributed by atoms with E-state index in [1.807, 2.05) is 13.0 Å². The molecule has 32 heavy (non-hydrogen) atoms. The summed E-state index contributed by atoms with van der Waals surface area (Å²) in [6.07, 6.45) is 0.830. The molecule has 8 heteroatoms. The molecule has 6 nitrogen and oxygen atoms in total. The Hall–Kier alpha value is -2.71. The molecule has 1 fully saturated rings. The highest BCUT2D eigenvalue weighted by atomic mass is 19.1. The Morgan fingerprint density at radius 1 is 1.19 bits per heavy atom. The number of halogens is 2.